The average molecular weight is 375 g/mol. The van der Waals surface area contributed by atoms with Crippen molar-refractivity contribution in [3.8, 4) is 5.69 Å². The summed E-state index contributed by atoms with van der Waals surface area (Å²) >= 11 is 0. The third kappa shape index (κ3) is 4.46. The van der Waals surface area contributed by atoms with Crippen molar-refractivity contribution in [2.24, 2.45) is 0 Å². The van der Waals surface area contributed by atoms with Gasteiger partial charge < -0.3 is 19.7 Å². The normalized spacial score (nSPS) is 16.5. The minimum atomic E-state index is -0.565. The van der Waals surface area contributed by atoms with Gasteiger partial charge in [0, 0.05) is 25.9 Å². The Hall–Kier alpha value is -2.87. The fourth-order valence-corrected chi connectivity index (χ4v) is 2.99. The zero-order chi connectivity index (χ0) is 19.4. The zero-order valence-electron chi connectivity index (χ0n) is 15.0. The number of anilines is 1. The first-order valence-electron chi connectivity index (χ1n) is 8.78. The molecule has 1 aliphatic rings. The lowest BCUT2D eigenvalue weighted by atomic mass is 10.2. The molecule has 0 unspecified atom stereocenters. The van der Waals surface area contributed by atoms with Crippen LogP contribution in [0.1, 0.15) is 18.9 Å². The number of aliphatic hydroxyl groups excluding tert-OH is 1. The number of nitrogens with one attached hydrogen (secondary N) is 1. The molecule has 2 amide bonds. The molecular weight excluding hydrogens is 353 g/mol. The predicted octanol–water partition coefficient (Wildman–Crippen LogP) is 2.00. The maximum Gasteiger partial charge on any atom is 0.414 e. The van der Waals surface area contributed by atoms with Gasteiger partial charge in [0.1, 0.15) is 11.9 Å². The summed E-state index contributed by atoms with van der Waals surface area (Å²) < 4.78 is 21.5. The van der Waals surface area contributed by atoms with E-state index in [0.717, 1.165) is 12.0 Å². The summed E-state index contributed by atoms with van der Waals surface area (Å²) in [5.41, 5.74) is 1.78. The van der Waals surface area contributed by atoms with Crippen LogP contribution in [0, 0.1) is 5.82 Å². The fraction of sp³-hybridized carbons (Fsp3) is 0.368. The topological polar surface area (TPSA) is 83.8 Å². The van der Waals surface area contributed by atoms with Crippen molar-refractivity contribution < 1.29 is 23.8 Å². The largest absolute Gasteiger partial charge is 0.442 e. The van der Waals surface area contributed by atoms with E-state index in [-0.39, 0.29) is 25.6 Å². The molecule has 0 radical (unpaired) electrons. The highest BCUT2D eigenvalue weighted by Gasteiger charge is 2.32. The highest BCUT2D eigenvalue weighted by molar-refractivity contribution is 5.90. The number of hydrogen-bond acceptors (Lipinski definition) is 4. The minimum absolute atomic E-state index is 0.114. The Morgan fingerprint density at radius 3 is 2.93 bits per heavy atom. The van der Waals surface area contributed by atoms with E-state index in [1.807, 2.05) is 12.3 Å². The molecule has 2 aromatic rings. The number of hydrogen-bond donors (Lipinski definition) is 2. The number of nitrogens with zero attached hydrogens (tertiary/aromatic N) is 2. The van der Waals surface area contributed by atoms with Gasteiger partial charge in [-0.15, -0.1) is 0 Å². The molecule has 8 heteroatoms. The van der Waals surface area contributed by atoms with Crippen LogP contribution in [-0.4, -0.2) is 47.5 Å². The second-order valence-electron chi connectivity index (χ2n) is 6.44. The first kappa shape index (κ1) is 18.9. The molecule has 27 heavy (non-hydrogen) atoms. The van der Waals surface area contributed by atoms with Crippen molar-refractivity contribution in [2.75, 3.05) is 24.6 Å². The van der Waals surface area contributed by atoms with Gasteiger partial charge in [-0.05, 0) is 42.7 Å². The first-order valence-corrected chi connectivity index (χ1v) is 8.78. The summed E-state index contributed by atoms with van der Waals surface area (Å²) in [6, 6.07) is 6.45. The Morgan fingerprint density at radius 2 is 2.22 bits per heavy atom. The molecule has 0 saturated carbocycles. The Balaban J connectivity index is 1.72. The maximum absolute atomic E-state index is 14.6. The molecule has 1 saturated heterocycles. The molecule has 1 fully saturated rings. The molecule has 1 aromatic heterocycles. The fourth-order valence-electron chi connectivity index (χ4n) is 2.99. The van der Waals surface area contributed by atoms with E-state index in [1.165, 1.54) is 17.9 Å². The zero-order valence-corrected chi connectivity index (χ0v) is 15.0. The molecule has 1 atom stereocenters. The number of aryl methyl sites for hydroxylation is 1. The molecule has 3 rings (SSSR count). The maximum atomic E-state index is 14.6. The van der Waals surface area contributed by atoms with Gasteiger partial charge in [-0.1, -0.05) is 0 Å². The SMILES string of the molecule is CC(=O)NC[C@H]1CN(c2ccc(-n3ccc(CCCO)c3)c(F)c2)C(=O)O1. The van der Waals surface area contributed by atoms with E-state index < -0.39 is 18.0 Å². The smallest absolute Gasteiger partial charge is 0.414 e. The van der Waals surface area contributed by atoms with Crippen molar-refractivity contribution in [3.05, 3.63) is 48.0 Å². The van der Waals surface area contributed by atoms with Crippen LogP contribution in [0.25, 0.3) is 5.69 Å². The molecule has 1 aromatic carbocycles. The molecule has 0 bridgehead atoms. The standard InChI is InChI=1S/C19H22FN3O4/c1-13(25)21-10-16-12-23(19(26)27-16)15-4-5-18(17(20)9-15)22-7-6-14(11-22)3-2-8-24/h4-7,9,11,16,24H,2-3,8,10,12H2,1H3,(H,21,25)/t16-/m0/s1. The van der Waals surface area contributed by atoms with Crippen LogP contribution in [0.4, 0.5) is 14.9 Å². The van der Waals surface area contributed by atoms with E-state index in [9.17, 15) is 14.0 Å². The lowest BCUT2D eigenvalue weighted by Gasteiger charge is -2.15. The van der Waals surface area contributed by atoms with E-state index in [2.05, 4.69) is 5.32 Å². The Kier molecular flexibility index (Phi) is 5.75. The third-order valence-corrected chi connectivity index (χ3v) is 4.35. The second kappa shape index (κ2) is 8.22. The van der Waals surface area contributed by atoms with Gasteiger partial charge in [-0.25, -0.2) is 9.18 Å². The number of ether oxygens (including phenoxy) is 1. The molecule has 0 spiro atoms. The van der Waals surface area contributed by atoms with Gasteiger partial charge >= 0.3 is 6.09 Å². The number of halogens is 1. The highest BCUT2D eigenvalue weighted by Crippen LogP contribution is 2.26. The van der Waals surface area contributed by atoms with Crippen LogP contribution in [0.5, 0.6) is 0 Å². The van der Waals surface area contributed by atoms with Crippen LogP contribution < -0.4 is 10.2 Å². The Bertz CT molecular complexity index is 836. The summed E-state index contributed by atoms with van der Waals surface area (Å²) in [5, 5.41) is 11.5. The summed E-state index contributed by atoms with van der Waals surface area (Å²) in [5.74, 6) is -0.667. The second-order valence-corrected chi connectivity index (χ2v) is 6.44. The lowest BCUT2D eigenvalue weighted by Crippen LogP contribution is -2.33. The number of rotatable bonds is 7. The number of carbonyl (C=O) groups is 2. The average Bonchev–Trinajstić information content (AvgIpc) is 3.24. The van der Waals surface area contributed by atoms with E-state index >= 15 is 0 Å². The van der Waals surface area contributed by atoms with Gasteiger partial charge in [0.25, 0.3) is 0 Å². The first-order chi connectivity index (χ1) is 13.0. The Morgan fingerprint density at radius 1 is 1.41 bits per heavy atom. The molecule has 2 heterocycles. The highest BCUT2D eigenvalue weighted by atomic mass is 19.1. The molecule has 2 N–H and O–H groups in total. The monoisotopic (exact) mass is 375 g/mol. The van der Waals surface area contributed by atoms with Gasteiger partial charge in [0.15, 0.2) is 0 Å². The van der Waals surface area contributed by atoms with Crippen molar-refractivity contribution in [1.82, 2.24) is 9.88 Å². The summed E-state index contributed by atoms with van der Waals surface area (Å²) in [6.07, 6.45) is 3.92. The molecule has 0 aliphatic carbocycles. The molecule has 1 aliphatic heterocycles. The lowest BCUT2D eigenvalue weighted by molar-refractivity contribution is -0.119. The number of aliphatic hydroxyl groups is 1. The van der Waals surface area contributed by atoms with Crippen molar-refractivity contribution >= 4 is 17.7 Å². The Labute approximate surface area is 156 Å². The van der Waals surface area contributed by atoms with Crippen molar-refractivity contribution in [1.29, 1.82) is 0 Å². The number of carbonyl (C=O) groups excluding carboxylic acids is 2. The van der Waals surface area contributed by atoms with E-state index in [0.29, 0.717) is 17.8 Å². The van der Waals surface area contributed by atoms with Crippen LogP contribution in [0.2, 0.25) is 0 Å². The van der Waals surface area contributed by atoms with Gasteiger partial charge in [-0.2, -0.15) is 0 Å². The van der Waals surface area contributed by atoms with Crippen molar-refractivity contribution in [2.45, 2.75) is 25.9 Å². The van der Waals surface area contributed by atoms with Gasteiger partial charge in [0.05, 0.1) is 24.5 Å². The van der Waals surface area contributed by atoms with E-state index in [1.54, 1.807) is 22.9 Å². The number of cyclic esters (lactones) is 1. The predicted molar refractivity (Wildman–Crippen MR) is 97.4 cm³/mol. The van der Waals surface area contributed by atoms with Crippen LogP contribution in [0.15, 0.2) is 36.7 Å². The summed E-state index contributed by atoms with van der Waals surface area (Å²) in [4.78, 5) is 24.4. The quantitative estimate of drug-likeness (QED) is 0.775. The third-order valence-electron chi connectivity index (χ3n) is 4.35. The number of benzene rings is 1. The minimum Gasteiger partial charge on any atom is -0.442 e. The van der Waals surface area contributed by atoms with Crippen LogP contribution in [-0.2, 0) is 16.0 Å². The summed E-state index contributed by atoms with van der Waals surface area (Å²) in [7, 11) is 0. The van der Waals surface area contributed by atoms with Crippen LogP contribution in [0.3, 0.4) is 0 Å². The number of aromatic nitrogens is 1. The van der Waals surface area contributed by atoms with Gasteiger partial charge in [0.2, 0.25) is 5.91 Å². The molecular formula is C19H22FN3O4. The van der Waals surface area contributed by atoms with Crippen molar-refractivity contribution in [3.63, 3.8) is 0 Å². The van der Waals surface area contributed by atoms with Crippen LogP contribution >= 0.6 is 0 Å². The summed E-state index contributed by atoms with van der Waals surface area (Å²) in [6.45, 7) is 1.97. The molecule has 7 nitrogen and oxygen atoms in total. The molecule has 144 valence electrons. The number of amides is 2. The van der Waals surface area contributed by atoms with Gasteiger partial charge in [-0.3, -0.25) is 9.69 Å². The van der Waals surface area contributed by atoms with E-state index in [4.69, 9.17) is 9.84 Å².